The zero-order valence-electron chi connectivity index (χ0n) is 46.2. The van der Waals surface area contributed by atoms with Crippen molar-refractivity contribution >= 4 is 43.1 Å². The number of hydrogen-bond acceptors (Lipinski definition) is 0. The van der Waals surface area contributed by atoms with Gasteiger partial charge in [0.25, 0.3) is 0 Å². The number of benzene rings is 8. The van der Waals surface area contributed by atoms with Crippen LogP contribution in [0.15, 0.2) is 194 Å². The summed E-state index contributed by atoms with van der Waals surface area (Å²) >= 11 is 0. The molecule has 0 nitrogen and oxygen atoms in total. The van der Waals surface area contributed by atoms with E-state index in [-0.39, 0.29) is 77.2 Å². The van der Waals surface area contributed by atoms with Gasteiger partial charge in [-0.05, 0) is 122 Å². The second kappa shape index (κ2) is 26.7. The minimum absolute atomic E-state index is 0. The van der Waals surface area contributed by atoms with E-state index in [1.54, 1.807) is 0 Å². The average Bonchev–Trinajstić information content (AvgIpc) is 4.16. The Morgan fingerprint density at radius 2 is 0.395 bits per heavy atom. The molecule has 0 heterocycles. The molecule has 0 spiro atoms. The van der Waals surface area contributed by atoms with Crippen molar-refractivity contribution < 1.29 is 77.2 Å². The molecule has 12 aromatic carbocycles. The molecule has 0 aliphatic heterocycles. The van der Waals surface area contributed by atoms with Crippen molar-refractivity contribution in [2.45, 2.75) is 83.1 Å². The zero-order valence-corrected chi connectivity index (χ0v) is 52.7. The first-order chi connectivity index (χ1) is 34.7. The number of fused-ring (bicyclic) bond motifs is 4. The summed E-state index contributed by atoms with van der Waals surface area (Å²) in [5.41, 5.74) is 27.1. The molecule has 12 rings (SSSR count). The van der Waals surface area contributed by atoms with E-state index in [4.69, 9.17) is 0 Å². The Bertz CT molecular complexity index is 3390. The third-order valence-electron chi connectivity index (χ3n) is 15.2. The van der Waals surface area contributed by atoms with E-state index in [0.717, 1.165) is 0 Å². The molecule has 0 atom stereocenters. The molecule has 0 aliphatic rings. The van der Waals surface area contributed by atoms with Crippen LogP contribution in [0.1, 0.15) is 66.8 Å². The van der Waals surface area contributed by atoms with Crippen LogP contribution in [0.3, 0.4) is 0 Å². The van der Waals surface area contributed by atoms with Crippen molar-refractivity contribution in [1.82, 2.24) is 0 Å². The van der Waals surface area contributed by atoms with E-state index in [9.17, 15) is 0 Å². The molecular weight excluding hydrogens is 1120 g/mol. The van der Waals surface area contributed by atoms with E-state index >= 15 is 0 Å². The molecule has 76 heavy (non-hydrogen) atoms. The van der Waals surface area contributed by atoms with Gasteiger partial charge in [0.2, 0.25) is 0 Å². The Morgan fingerprint density at radius 1 is 0.224 bits per heavy atom. The number of hydrogen-bond donors (Lipinski definition) is 0. The van der Waals surface area contributed by atoms with Gasteiger partial charge in [0.05, 0.1) is 0 Å². The molecule has 0 aromatic heterocycles. The molecule has 0 bridgehead atoms. The Labute approximate surface area is 504 Å². The van der Waals surface area contributed by atoms with E-state index in [0.29, 0.717) is 0 Å². The summed E-state index contributed by atoms with van der Waals surface area (Å²) in [4.78, 5) is 0. The smallest absolute Gasteiger partial charge is 1.00 e. The second-order valence-electron chi connectivity index (χ2n) is 20.4. The van der Waals surface area contributed by atoms with Crippen LogP contribution in [0.2, 0.25) is 0 Å². The molecule has 0 fully saturated rings. The molecule has 0 saturated carbocycles. The van der Waals surface area contributed by atoms with E-state index < -0.39 is 0 Å². The van der Waals surface area contributed by atoms with Gasteiger partial charge < -0.3 is 24.8 Å². The van der Waals surface area contributed by atoms with Gasteiger partial charge in [-0.15, -0.1) is 138 Å². The molecule has 0 unspecified atom stereocenters. The van der Waals surface area contributed by atoms with E-state index in [2.05, 4.69) is 277 Å². The van der Waals surface area contributed by atoms with Crippen LogP contribution in [0.4, 0.5) is 0 Å². The first-order valence-corrected chi connectivity index (χ1v) is 25.6. The maximum atomic E-state index is 2.28. The van der Waals surface area contributed by atoms with Gasteiger partial charge in [-0.2, -0.15) is 24.3 Å². The fourth-order valence-electron chi connectivity index (χ4n) is 10.6. The Morgan fingerprint density at radius 3 is 0.592 bits per heavy atom. The molecule has 0 saturated heterocycles. The van der Waals surface area contributed by atoms with Crippen molar-refractivity contribution in [2.75, 3.05) is 0 Å². The fourth-order valence-corrected chi connectivity index (χ4v) is 10.6. The number of halogens is 2. The standard InChI is InChI=1S/4C18H17.2ClH.2Zr/c4*1-12-10-15-7-5-9-17(18(15)11-12)16-8-4-6-13(2)14(16)3;;;;/h4*4-11H,1-3H3;2*1H;;/q4*-1;;;2*+2/p-2. The molecule has 12 aromatic rings. The van der Waals surface area contributed by atoms with Gasteiger partial charge in [-0.1, -0.05) is 147 Å². The fraction of sp³-hybridized carbons (Fsp3) is 0.167. The van der Waals surface area contributed by atoms with Gasteiger partial charge in [0.1, 0.15) is 0 Å². The third-order valence-corrected chi connectivity index (χ3v) is 15.2. The SMILES string of the molecule is Cc1cc2c(-c3cccc(C)c3C)cccc2[cH-]1.Cc1cc2c(-c3cccc(C)c3C)cccc2[cH-]1.Cc1cc2c(-c3cccc(C)c3C)cccc2[cH-]1.Cc1cc2c(-c3cccc(C)c3C)cccc2[cH-]1.[Cl-].[Cl-].[Zr+2].[Zr+2]. The van der Waals surface area contributed by atoms with Crippen molar-refractivity contribution in [2.24, 2.45) is 0 Å². The van der Waals surface area contributed by atoms with Gasteiger partial charge in [0.15, 0.2) is 0 Å². The molecule has 4 heteroatoms. The van der Waals surface area contributed by atoms with Crippen LogP contribution in [0.25, 0.3) is 87.6 Å². The van der Waals surface area contributed by atoms with Crippen LogP contribution in [-0.2, 0) is 52.4 Å². The summed E-state index contributed by atoms with van der Waals surface area (Å²) in [5, 5.41) is 10.8. The summed E-state index contributed by atoms with van der Waals surface area (Å²) in [6, 6.07) is 70.6. The van der Waals surface area contributed by atoms with Crippen LogP contribution in [0.5, 0.6) is 0 Å². The van der Waals surface area contributed by atoms with Crippen molar-refractivity contribution in [1.29, 1.82) is 0 Å². The molecule has 0 aliphatic carbocycles. The number of rotatable bonds is 4. The summed E-state index contributed by atoms with van der Waals surface area (Å²) in [6.45, 7) is 26.2. The third kappa shape index (κ3) is 13.1. The molecular formula is C72H68Cl2Zr2-2. The monoisotopic (exact) mass is 1180 g/mol. The summed E-state index contributed by atoms with van der Waals surface area (Å²) < 4.78 is 0. The van der Waals surface area contributed by atoms with Gasteiger partial charge in [-0.25, -0.2) is 0 Å². The van der Waals surface area contributed by atoms with Crippen molar-refractivity contribution in [3.63, 3.8) is 0 Å². The van der Waals surface area contributed by atoms with Crippen LogP contribution in [0, 0.1) is 83.1 Å². The van der Waals surface area contributed by atoms with Crippen LogP contribution < -0.4 is 24.8 Å². The predicted octanol–water partition coefficient (Wildman–Crippen LogP) is 14.6. The summed E-state index contributed by atoms with van der Waals surface area (Å²) in [5.74, 6) is 0. The summed E-state index contributed by atoms with van der Waals surface area (Å²) in [7, 11) is 0. The van der Waals surface area contributed by atoms with Gasteiger partial charge >= 0.3 is 52.4 Å². The van der Waals surface area contributed by atoms with E-state index in [1.165, 1.54) is 154 Å². The second-order valence-corrected chi connectivity index (χ2v) is 20.4. The summed E-state index contributed by atoms with van der Waals surface area (Å²) in [6.07, 6.45) is 0. The van der Waals surface area contributed by atoms with Crippen LogP contribution in [-0.4, -0.2) is 0 Å². The minimum atomic E-state index is 0. The van der Waals surface area contributed by atoms with Gasteiger partial charge in [0, 0.05) is 0 Å². The molecule has 0 amide bonds. The van der Waals surface area contributed by atoms with Crippen molar-refractivity contribution in [3.05, 3.63) is 261 Å². The molecule has 0 radical (unpaired) electrons. The largest absolute Gasteiger partial charge is 2.00 e. The zero-order chi connectivity index (χ0) is 50.8. The number of aryl methyl sites for hydroxylation is 8. The quantitative estimate of drug-likeness (QED) is 0.154. The molecule has 0 N–H and O–H groups in total. The van der Waals surface area contributed by atoms with Crippen LogP contribution >= 0.6 is 0 Å². The topological polar surface area (TPSA) is 0 Å². The maximum absolute atomic E-state index is 2.28. The predicted molar refractivity (Wildman–Crippen MR) is 317 cm³/mol. The Hall–Kier alpha value is -5.45. The average molecular weight is 1190 g/mol. The maximum Gasteiger partial charge on any atom is 2.00 e. The Balaban J connectivity index is 0.000000184. The Kier molecular flexibility index (Phi) is 21.6. The first kappa shape index (κ1) is 61.4. The molecule has 380 valence electrons. The van der Waals surface area contributed by atoms with Gasteiger partial charge in [-0.3, -0.25) is 0 Å². The minimum Gasteiger partial charge on any atom is -1.00 e. The van der Waals surface area contributed by atoms with E-state index in [1.807, 2.05) is 0 Å². The first-order valence-electron chi connectivity index (χ1n) is 25.6. The normalized spacial score (nSPS) is 10.5. The van der Waals surface area contributed by atoms with Crippen molar-refractivity contribution in [3.8, 4) is 44.5 Å².